The van der Waals surface area contributed by atoms with Crippen molar-refractivity contribution in [3.63, 3.8) is 0 Å². The molecule has 2 fully saturated rings. The van der Waals surface area contributed by atoms with E-state index in [1.807, 2.05) is 41.3 Å². The van der Waals surface area contributed by atoms with E-state index < -0.39 is 12.1 Å². The fourth-order valence-electron chi connectivity index (χ4n) is 3.73. The number of rotatable bonds is 8. The molecule has 28 heavy (non-hydrogen) atoms. The van der Waals surface area contributed by atoms with Gasteiger partial charge in [-0.15, -0.1) is 6.58 Å². The number of benzene rings is 1. The van der Waals surface area contributed by atoms with Crippen LogP contribution in [0.1, 0.15) is 37.7 Å². The zero-order chi connectivity index (χ0) is 20.0. The molecule has 1 aromatic carbocycles. The summed E-state index contributed by atoms with van der Waals surface area (Å²) in [6, 6.07) is 8.94. The standard InChI is InChI=1S/C21H27N3O4/c1-2-10-21(28-15-16-6-4-3-5-7-16)11-13-24(14-12-21)18(25)9-8-17-19(26)23-20(27)22-17/h2-7,17H,1,8-15H2,(H2,22,23,26,27)/t17-/m0/s1. The number of ether oxygens (including phenoxy) is 1. The maximum atomic E-state index is 12.5. The van der Waals surface area contributed by atoms with Gasteiger partial charge in [0.25, 0.3) is 5.91 Å². The Balaban J connectivity index is 1.49. The van der Waals surface area contributed by atoms with E-state index in [4.69, 9.17) is 4.74 Å². The van der Waals surface area contributed by atoms with Gasteiger partial charge in [0.15, 0.2) is 0 Å². The average Bonchev–Trinajstić information content (AvgIpc) is 3.03. The van der Waals surface area contributed by atoms with Crippen LogP contribution in [0, 0.1) is 0 Å². The Bertz CT molecular complexity index is 726. The van der Waals surface area contributed by atoms with Crippen LogP contribution in [0.15, 0.2) is 43.0 Å². The molecule has 2 N–H and O–H groups in total. The minimum absolute atomic E-state index is 0.00390. The van der Waals surface area contributed by atoms with Crippen LogP contribution in [0.2, 0.25) is 0 Å². The Morgan fingerprint density at radius 1 is 1.25 bits per heavy atom. The second-order valence-corrected chi connectivity index (χ2v) is 7.38. The molecule has 2 heterocycles. The number of carbonyl (C=O) groups is 3. The highest BCUT2D eigenvalue weighted by Gasteiger charge is 2.36. The summed E-state index contributed by atoms with van der Waals surface area (Å²) in [6.07, 6.45) is 4.67. The Labute approximate surface area is 165 Å². The third-order valence-electron chi connectivity index (χ3n) is 5.44. The molecule has 2 saturated heterocycles. The topological polar surface area (TPSA) is 87.7 Å². The van der Waals surface area contributed by atoms with Crippen LogP contribution in [0.5, 0.6) is 0 Å². The first-order valence-corrected chi connectivity index (χ1v) is 9.69. The van der Waals surface area contributed by atoms with E-state index >= 15 is 0 Å². The quantitative estimate of drug-likeness (QED) is 0.530. The Morgan fingerprint density at radius 3 is 2.57 bits per heavy atom. The van der Waals surface area contributed by atoms with Crippen molar-refractivity contribution in [2.75, 3.05) is 13.1 Å². The normalized spacial score (nSPS) is 21.1. The minimum atomic E-state index is -0.615. The van der Waals surface area contributed by atoms with Crippen molar-refractivity contribution >= 4 is 17.8 Å². The van der Waals surface area contributed by atoms with Crippen molar-refractivity contribution in [3.8, 4) is 0 Å². The summed E-state index contributed by atoms with van der Waals surface area (Å²) in [7, 11) is 0. The average molecular weight is 385 g/mol. The van der Waals surface area contributed by atoms with E-state index in [2.05, 4.69) is 17.2 Å². The number of hydrogen-bond donors (Lipinski definition) is 2. The highest BCUT2D eigenvalue weighted by Crippen LogP contribution is 2.31. The summed E-state index contributed by atoms with van der Waals surface area (Å²) in [6.45, 7) is 5.64. The van der Waals surface area contributed by atoms with E-state index in [1.165, 1.54) is 0 Å². The van der Waals surface area contributed by atoms with Crippen LogP contribution in [0.3, 0.4) is 0 Å². The highest BCUT2D eigenvalue weighted by molar-refractivity contribution is 6.04. The van der Waals surface area contributed by atoms with Crippen molar-refractivity contribution in [1.82, 2.24) is 15.5 Å². The molecule has 3 rings (SSSR count). The van der Waals surface area contributed by atoms with Gasteiger partial charge in [-0.1, -0.05) is 36.4 Å². The molecule has 4 amide bonds. The monoisotopic (exact) mass is 385 g/mol. The van der Waals surface area contributed by atoms with Gasteiger partial charge in [-0.25, -0.2) is 4.79 Å². The molecule has 150 valence electrons. The zero-order valence-electron chi connectivity index (χ0n) is 16.0. The molecular formula is C21H27N3O4. The minimum Gasteiger partial charge on any atom is -0.370 e. The Morgan fingerprint density at radius 2 is 1.96 bits per heavy atom. The number of piperidine rings is 1. The van der Waals surface area contributed by atoms with Gasteiger partial charge in [0.2, 0.25) is 5.91 Å². The number of nitrogens with zero attached hydrogens (tertiary/aromatic N) is 1. The summed E-state index contributed by atoms with van der Waals surface area (Å²) >= 11 is 0. The number of nitrogens with one attached hydrogen (secondary N) is 2. The molecule has 0 spiro atoms. The van der Waals surface area contributed by atoms with Crippen molar-refractivity contribution in [3.05, 3.63) is 48.6 Å². The third-order valence-corrected chi connectivity index (χ3v) is 5.44. The highest BCUT2D eigenvalue weighted by atomic mass is 16.5. The van der Waals surface area contributed by atoms with E-state index in [1.54, 1.807) is 0 Å². The van der Waals surface area contributed by atoms with Crippen LogP contribution in [-0.4, -0.2) is 47.5 Å². The van der Waals surface area contributed by atoms with Crippen molar-refractivity contribution < 1.29 is 19.1 Å². The van der Waals surface area contributed by atoms with Gasteiger partial charge in [-0.3, -0.25) is 14.9 Å². The van der Waals surface area contributed by atoms with E-state index in [0.29, 0.717) is 26.1 Å². The van der Waals surface area contributed by atoms with Gasteiger partial charge in [0.05, 0.1) is 12.2 Å². The van der Waals surface area contributed by atoms with Crippen molar-refractivity contribution in [2.45, 2.75) is 50.4 Å². The fraction of sp³-hybridized carbons (Fsp3) is 0.476. The first-order valence-electron chi connectivity index (χ1n) is 9.69. The summed E-state index contributed by atoms with van der Waals surface area (Å²) in [5, 5.41) is 4.71. The fourth-order valence-corrected chi connectivity index (χ4v) is 3.73. The number of hydrogen-bond acceptors (Lipinski definition) is 4. The number of likely N-dealkylation sites (tertiary alicyclic amines) is 1. The van der Waals surface area contributed by atoms with Gasteiger partial charge < -0.3 is 15.0 Å². The van der Waals surface area contributed by atoms with Gasteiger partial charge in [0.1, 0.15) is 6.04 Å². The molecule has 0 aliphatic carbocycles. The number of urea groups is 1. The molecule has 0 saturated carbocycles. The third kappa shape index (κ3) is 4.98. The van der Waals surface area contributed by atoms with Gasteiger partial charge in [-0.2, -0.15) is 0 Å². The lowest BCUT2D eigenvalue weighted by Crippen LogP contribution is -2.48. The van der Waals surface area contributed by atoms with Crippen LogP contribution in [0.4, 0.5) is 4.79 Å². The van der Waals surface area contributed by atoms with Crippen LogP contribution >= 0.6 is 0 Å². The molecule has 7 nitrogen and oxygen atoms in total. The van der Waals surface area contributed by atoms with Crippen molar-refractivity contribution in [2.24, 2.45) is 0 Å². The van der Waals surface area contributed by atoms with Gasteiger partial charge in [-0.05, 0) is 31.2 Å². The predicted molar refractivity (Wildman–Crippen MR) is 104 cm³/mol. The predicted octanol–water partition coefficient (Wildman–Crippen LogP) is 2.13. The first-order chi connectivity index (χ1) is 13.5. The maximum Gasteiger partial charge on any atom is 0.322 e. The van der Waals surface area contributed by atoms with Crippen molar-refractivity contribution in [1.29, 1.82) is 0 Å². The molecular weight excluding hydrogens is 358 g/mol. The number of amides is 4. The van der Waals surface area contributed by atoms with E-state index in [0.717, 1.165) is 24.8 Å². The molecule has 0 bridgehead atoms. The molecule has 2 aliphatic rings. The molecule has 0 unspecified atom stereocenters. The second kappa shape index (κ2) is 9.01. The van der Waals surface area contributed by atoms with Crippen LogP contribution < -0.4 is 10.6 Å². The zero-order valence-corrected chi connectivity index (χ0v) is 16.0. The van der Waals surface area contributed by atoms with Gasteiger partial charge >= 0.3 is 6.03 Å². The lowest BCUT2D eigenvalue weighted by atomic mass is 9.87. The largest absolute Gasteiger partial charge is 0.370 e. The summed E-state index contributed by atoms with van der Waals surface area (Å²) in [4.78, 5) is 37.1. The number of carbonyl (C=O) groups excluding carboxylic acids is 3. The number of imide groups is 1. The summed E-state index contributed by atoms with van der Waals surface area (Å²) < 4.78 is 6.28. The van der Waals surface area contributed by atoms with Crippen LogP contribution in [-0.2, 0) is 20.9 Å². The van der Waals surface area contributed by atoms with Crippen LogP contribution in [0.25, 0.3) is 0 Å². The summed E-state index contributed by atoms with van der Waals surface area (Å²) in [5.41, 5.74) is 0.828. The first kappa shape index (κ1) is 20.1. The molecule has 7 heteroatoms. The Hall–Kier alpha value is -2.67. The lowest BCUT2D eigenvalue weighted by molar-refractivity contribution is -0.139. The van der Waals surface area contributed by atoms with E-state index in [-0.39, 0.29) is 23.8 Å². The SMILES string of the molecule is C=CCC1(OCc2ccccc2)CCN(C(=O)CC[C@@H]2NC(=O)NC2=O)CC1. The molecule has 1 atom stereocenters. The molecule has 1 aromatic rings. The molecule has 0 aromatic heterocycles. The molecule has 2 aliphatic heterocycles. The van der Waals surface area contributed by atoms with E-state index in [9.17, 15) is 14.4 Å². The van der Waals surface area contributed by atoms with Gasteiger partial charge in [0, 0.05) is 19.5 Å². The lowest BCUT2D eigenvalue weighted by Gasteiger charge is -2.41. The second-order valence-electron chi connectivity index (χ2n) is 7.38. The smallest absolute Gasteiger partial charge is 0.322 e. The molecule has 0 radical (unpaired) electrons. The Kier molecular flexibility index (Phi) is 6.46. The maximum absolute atomic E-state index is 12.5. The summed E-state index contributed by atoms with van der Waals surface area (Å²) in [5.74, 6) is -0.361.